The Labute approximate surface area is 144 Å². The number of aryl methyl sites for hydroxylation is 1. The number of nitrogens with one attached hydrogen (secondary N) is 1. The zero-order chi connectivity index (χ0) is 16.5. The number of pyridine rings is 2. The fourth-order valence-electron chi connectivity index (χ4n) is 2.64. The van der Waals surface area contributed by atoms with E-state index in [9.17, 15) is 0 Å². The minimum absolute atomic E-state index is 0.710. The summed E-state index contributed by atoms with van der Waals surface area (Å²) < 4.78 is 2.06. The predicted molar refractivity (Wildman–Crippen MR) is 97.9 cm³/mol. The molecule has 0 saturated carbocycles. The van der Waals surface area contributed by atoms with Gasteiger partial charge in [0, 0.05) is 34.9 Å². The molecule has 24 heavy (non-hydrogen) atoms. The second-order valence-electron chi connectivity index (χ2n) is 5.62. The summed E-state index contributed by atoms with van der Waals surface area (Å²) in [5.41, 5.74) is 4.83. The van der Waals surface area contributed by atoms with Gasteiger partial charge in [-0.15, -0.1) is 0 Å². The Morgan fingerprint density at radius 2 is 1.88 bits per heavy atom. The zero-order valence-electron chi connectivity index (χ0n) is 13.1. The molecule has 0 unspecified atom stereocenters. The van der Waals surface area contributed by atoms with Gasteiger partial charge in [-0.05, 0) is 55.0 Å². The van der Waals surface area contributed by atoms with Crippen LogP contribution in [0.3, 0.4) is 0 Å². The normalized spacial score (nSPS) is 10.9. The summed E-state index contributed by atoms with van der Waals surface area (Å²) in [4.78, 5) is 8.99. The molecule has 0 fully saturated rings. The van der Waals surface area contributed by atoms with E-state index in [1.54, 1.807) is 6.20 Å². The zero-order valence-corrected chi connectivity index (χ0v) is 13.8. The molecule has 0 saturated heterocycles. The van der Waals surface area contributed by atoms with E-state index in [-0.39, 0.29) is 0 Å². The molecule has 1 N–H and O–H groups in total. The quantitative estimate of drug-likeness (QED) is 0.566. The Bertz CT molecular complexity index is 991. The van der Waals surface area contributed by atoms with Gasteiger partial charge in [-0.1, -0.05) is 17.7 Å². The molecule has 3 heterocycles. The first-order valence-electron chi connectivity index (χ1n) is 7.62. The Balaban J connectivity index is 1.90. The Morgan fingerprint density at radius 3 is 2.62 bits per heavy atom. The van der Waals surface area contributed by atoms with Crippen molar-refractivity contribution in [1.29, 1.82) is 0 Å². The molecule has 0 radical (unpaired) electrons. The average Bonchev–Trinajstić information content (AvgIpc) is 2.95. The van der Waals surface area contributed by atoms with E-state index in [2.05, 4.69) is 33.9 Å². The lowest BCUT2D eigenvalue weighted by atomic mass is 10.2. The van der Waals surface area contributed by atoms with Gasteiger partial charge in [0.15, 0.2) is 0 Å². The number of aromatic nitrogens is 3. The molecule has 118 valence electrons. The van der Waals surface area contributed by atoms with E-state index in [0.29, 0.717) is 5.02 Å². The van der Waals surface area contributed by atoms with Gasteiger partial charge in [0.1, 0.15) is 17.2 Å². The van der Waals surface area contributed by atoms with Crippen LogP contribution in [-0.4, -0.2) is 14.4 Å². The van der Waals surface area contributed by atoms with Gasteiger partial charge in [0.2, 0.25) is 0 Å². The average molecular weight is 335 g/mol. The minimum Gasteiger partial charge on any atom is -0.339 e. The van der Waals surface area contributed by atoms with Crippen molar-refractivity contribution in [2.75, 3.05) is 5.32 Å². The van der Waals surface area contributed by atoms with Crippen LogP contribution >= 0.6 is 11.6 Å². The molecule has 0 aliphatic rings. The number of hydrogen-bond donors (Lipinski definition) is 1. The molecular formula is C19H15ClN4. The van der Waals surface area contributed by atoms with E-state index in [1.165, 1.54) is 0 Å². The van der Waals surface area contributed by atoms with Crippen LogP contribution in [-0.2, 0) is 0 Å². The third-order valence-corrected chi connectivity index (χ3v) is 4.06. The van der Waals surface area contributed by atoms with Crippen LogP contribution in [0.15, 0.2) is 67.1 Å². The van der Waals surface area contributed by atoms with Crippen LogP contribution in [0.5, 0.6) is 0 Å². The summed E-state index contributed by atoms with van der Waals surface area (Å²) in [5.74, 6) is 0.907. The topological polar surface area (TPSA) is 42.2 Å². The fourth-order valence-corrected chi connectivity index (χ4v) is 2.77. The molecule has 3 aromatic heterocycles. The molecule has 0 atom stereocenters. The monoisotopic (exact) mass is 334 g/mol. The molecule has 0 spiro atoms. The van der Waals surface area contributed by atoms with Crippen molar-refractivity contribution in [1.82, 2.24) is 14.4 Å². The molecular weight excluding hydrogens is 320 g/mol. The SMILES string of the molecule is Cc1ccc2nc(-c3cccnc3)c(Nc3ccc(Cl)cc3)n2c1. The first-order valence-corrected chi connectivity index (χ1v) is 8.00. The summed E-state index contributed by atoms with van der Waals surface area (Å²) >= 11 is 5.98. The Hall–Kier alpha value is -2.85. The standard InChI is InChI=1S/C19H15ClN4/c1-13-4-9-17-23-18(14-3-2-10-21-11-14)19(24(17)12-13)22-16-7-5-15(20)6-8-16/h2-12,22H,1H3. The first-order chi connectivity index (χ1) is 11.7. The summed E-state index contributed by atoms with van der Waals surface area (Å²) in [5, 5.41) is 4.17. The maximum absolute atomic E-state index is 5.98. The van der Waals surface area contributed by atoms with Gasteiger partial charge < -0.3 is 5.32 Å². The third kappa shape index (κ3) is 2.72. The number of rotatable bonds is 3. The van der Waals surface area contributed by atoms with Crippen molar-refractivity contribution in [3.8, 4) is 11.3 Å². The molecule has 1 aromatic carbocycles. The smallest absolute Gasteiger partial charge is 0.143 e. The molecule has 5 heteroatoms. The highest BCUT2D eigenvalue weighted by Crippen LogP contribution is 2.31. The van der Waals surface area contributed by atoms with Crippen LogP contribution < -0.4 is 5.32 Å². The largest absolute Gasteiger partial charge is 0.339 e. The van der Waals surface area contributed by atoms with Gasteiger partial charge in [-0.25, -0.2) is 4.98 Å². The second-order valence-corrected chi connectivity index (χ2v) is 6.05. The Morgan fingerprint density at radius 1 is 1.04 bits per heavy atom. The predicted octanol–water partition coefficient (Wildman–Crippen LogP) is 5.10. The lowest BCUT2D eigenvalue weighted by molar-refractivity contribution is 1.16. The lowest BCUT2D eigenvalue weighted by Gasteiger charge is -2.09. The van der Waals surface area contributed by atoms with Gasteiger partial charge in [-0.2, -0.15) is 0 Å². The second kappa shape index (κ2) is 5.98. The molecule has 4 nitrogen and oxygen atoms in total. The van der Waals surface area contributed by atoms with E-state index in [4.69, 9.17) is 16.6 Å². The van der Waals surface area contributed by atoms with Crippen LogP contribution in [0, 0.1) is 6.92 Å². The van der Waals surface area contributed by atoms with Crippen molar-refractivity contribution >= 4 is 28.8 Å². The maximum atomic E-state index is 5.98. The third-order valence-electron chi connectivity index (χ3n) is 3.81. The van der Waals surface area contributed by atoms with Crippen molar-refractivity contribution < 1.29 is 0 Å². The van der Waals surface area contributed by atoms with Gasteiger partial charge >= 0.3 is 0 Å². The van der Waals surface area contributed by atoms with Crippen molar-refractivity contribution in [2.24, 2.45) is 0 Å². The van der Waals surface area contributed by atoms with Crippen molar-refractivity contribution in [2.45, 2.75) is 6.92 Å². The number of halogens is 1. The summed E-state index contributed by atoms with van der Waals surface area (Å²) in [6.07, 6.45) is 5.65. The molecule has 4 aromatic rings. The van der Waals surface area contributed by atoms with Crippen LogP contribution in [0.1, 0.15) is 5.56 Å². The van der Waals surface area contributed by atoms with E-state index in [1.807, 2.05) is 48.7 Å². The van der Waals surface area contributed by atoms with Crippen molar-refractivity contribution in [3.05, 3.63) is 77.7 Å². The van der Waals surface area contributed by atoms with E-state index < -0.39 is 0 Å². The summed E-state index contributed by atoms with van der Waals surface area (Å²) in [6, 6.07) is 15.6. The van der Waals surface area contributed by atoms with Crippen LogP contribution in [0.25, 0.3) is 16.9 Å². The van der Waals surface area contributed by atoms with Crippen LogP contribution in [0.2, 0.25) is 5.02 Å². The number of hydrogen-bond acceptors (Lipinski definition) is 3. The number of imidazole rings is 1. The van der Waals surface area contributed by atoms with E-state index in [0.717, 1.165) is 34.0 Å². The van der Waals surface area contributed by atoms with E-state index >= 15 is 0 Å². The molecule has 4 rings (SSSR count). The summed E-state index contributed by atoms with van der Waals surface area (Å²) in [7, 11) is 0. The van der Waals surface area contributed by atoms with Crippen molar-refractivity contribution in [3.63, 3.8) is 0 Å². The fraction of sp³-hybridized carbons (Fsp3) is 0.0526. The highest BCUT2D eigenvalue weighted by atomic mass is 35.5. The first kappa shape index (κ1) is 14.7. The number of anilines is 2. The summed E-state index contributed by atoms with van der Waals surface area (Å²) in [6.45, 7) is 2.06. The van der Waals surface area contributed by atoms with Gasteiger partial charge in [0.05, 0.1) is 0 Å². The highest BCUT2D eigenvalue weighted by Gasteiger charge is 2.14. The number of benzene rings is 1. The maximum Gasteiger partial charge on any atom is 0.143 e. The highest BCUT2D eigenvalue weighted by molar-refractivity contribution is 6.30. The minimum atomic E-state index is 0.710. The Kier molecular flexibility index (Phi) is 3.67. The molecule has 0 bridgehead atoms. The molecule has 0 aliphatic heterocycles. The lowest BCUT2D eigenvalue weighted by Crippen LogP contribution is -1.97. The number of fused-ring (bicyclic) bond motifs is 1. The van der Waals surface area contributed by atoms with Crippen LogP contribution in [0.4, 0.5) is 11.5 Å². The number of nitrogens with zero attached hydrogens (tertiary/aromatic N) is 3. The van der Waals surface area contributed by atoms with Gasteiger partial charge in [-0.3, -0.25) is 9.38 Å². The molecule has 0 aliphatic carbocycles. The van der Waals surface area contributed by atoms with Gasteiger partial charge in [0.25, 0.3) is 0 Å². The molecule has 0 amide bonds.